The van der Waals surface area contributed by atoms with E-state index in [1.54, 1.807) is 25.3 Å². The molecule has 0 radical (unpaired) electrons. The van der Waals surface area contributed by atoms with Crippen LogP contribution < -0.4 is 4.90 Å². The standard InChI is InChI=1S/C15H15F2NO2/c1-2-18(11-5-7-13(16)14(17)10-11)15(19)8-6-12-4-3-9-20-12/h3-5,7,9-10H,2,6,8H2,1H3. The smallest absolute Gasteiger partial charge is 0.227 e. The molecule has 1 amide bonds. The maximum Gasteiger partial charge on any atom is 0.227 e. The highest BCUT2D eigenvalue weighted by atomic mass is 19.2. The molecule has 0 unspecified atom stereocenters. The molecule has 0 fully saturated rings. The third-order valence-corrected chi connectivity index (χ3v) is 3.00. The fourth-order valence-corrected chi connectivity index (χ4v) is 1.98. The van der Waals surface area contributed by atoms with E-state index in [0.29, 0.717) is 18.7 Å². The molecule has 1 aromatic heterocycles. The van der Waals surface area contributed by atoms with Gasteiger partial charge in [-0.05, 0) is 31.2 Å². The summed E-state index contributed by atoms with van der Waals surface area (Å²) in [5.74, 6) is -1.32. The summed E-state index contributed by atoms with van der Waals surface area (Å²) in [4.78, 5) is 13.6. The van der Waals surface area contributed by atoms with Gasteiger partial charge in [-0.15, -0.1) is 0 Å². The van der Waals surface area contributed by atoms with Gasteiger partial charge in [0.2, 0.25) is 5.91 Å². The summed E-state index contributed by atoms with van der Waals surface area (Å²) in [5.41, 5.74) is 0.357. The number of halogens is 2. The highest BCUT2D eigenvalue weighted by Gasteiger charge is 2.16. The van der Waals surface area contributed by atoms with Crippen LogP contribution in [0, 0.1) is 11.6 Å². The number of rotatable bonds is 5. The fraction of sp³-hybridized carbons (Fsp3) is 0.267. The predicted molar refractivity (Wildman–Crippen MR) is 71.4 cm³/mol. The van der Waals surface area contributed by atoms with E-state index in [-0.39, 0.29) is 12.3 Å². The number of amides is 1. The van der Waals surface area contributed by atoms with Crippen molar-refractivity contribution in [2.45, 2.75) is 19.8 Å². The quantitative estimate of drug-likeness (QED) is 0.838. The molecule has 2 aromatic rings. The van der Waals surface area contributed by atoms with E-state index in [1.807, 2.05) is 0 Å². The van der Waals surface area contributed by atoms with E-state index in [4.69, 9.17) is 4.42 Å². The fourth-order valence-electron chi connectivity index (χ4n) is 1.98. The molecule has 0 aliphatic carbocycles. The van der Waals surface area contributed by atoms with E-state index in [1.165, 1.54) is 11.0 Å². The van der Waals surface area contributed by atoms with Gasteiger partial charge in [-0.2, -0.15) is 0 Å². The van der Waals surface area contributed by atoms with E-state index in [0.717, 1.165) is 17.9 Å². The van der Waals surface area contributed by atoms with Gasteiger partial charge in [0.05, 0.1) is 6.26 Å². The largest absolute Gasteiger partial charge is 0.469 e. The first kappa shape index (κ1) is 14.2. The zero-order chi connectivity index (χ0) is 14.5. The number of carbonyl (C=O) groups excluding carboxylic acids is 1. The first-order chi connectivity index (χ1) is 9.61. The van der Waals surface area contributed by atoms with Gasteiger partial charge in [0, 0.05) is 31.1 Å². The second kappa shape index (κ2) is 6.32. The number of aryl methyl sites for hydroxylation is 1. The summed E-state index contributed by atoms with van der Waals surface area (Å²) < 4.78 is 31.3. The van der Waals surface area contributed by atoms with Gasteiger partial charge in [-0.3, -0.25) is 4.79 Å². The van der Waals surface area contributed by atoms with E-state index >= 15 is 0 Å². The highest BCUT2D eigenvalue weighted by Crippen LogP contribution is 2.19. The number of hydrogen-bond donors (Lipinski definition) is 0. The molecule has 0 saturated heterocycles. The van der Waals surface area contributed by atoms with E-state index in [9.17, 15) is 13.6 Å². The molecule has 2 rings (SSSR count). The van der Waals surface area contributed by atoms with Gasteiger partial charge in [0.25, 0.3) is 0 Å². The second-order valence-corrected chi connectivity index (χ2v) is 4.32. The Morgan fingerprint density at radius 1 is 1.25 bits per heavy atom. The summed E-state index contributed by atoms with van der Waals surface area (Å²) >= 11 is 0. The molecular weight excluding hydrogens is 264 g/mol. The molecule has 0 aliphatic rings. The van der Waals surface area contributed by atoms with Crippen LogP contribution in [0.2, 0.25) is 0 Å². The van der Waals surface area contributed by atoms with Crippen LogP contribution in [-0.4, -0.2) is 12.5 Å². The SMILES string of the molecule is CCN(C(=O)CCc1ccco1)c1ccc(F)c(F)c1. The minimum absolute atomic E-state index is 0.157. The minimum atomic E-state index is -0.959. The lowest BCUT2D eigenvalue weighted by atomic mass is 10.2. The van der Waals surface area contributed by atoms with Crippen molar-refractivity contribution in [1.82, 2.24) is 0 Å². The number of nitrogens with zero attached hydrogens (tertiary/aromatic N) is 1. The summed E-state index contributed by atoms with van der Waals surface area (Å²) in [6.07, 6.45) is 2.28. The predicted octanol–water partition coefficient (Wildman–Crippen LogP) is 3.54. The number of benzene rings is 1. The van der Waals surface area contributed by atoms with Gasteiger partial charge in [-0.1, -0.05) is 0 Å². The van der Waals surface area contributed by atoms with E-state index in [2.05, 4.69) is 0 Å². The maximum absolute atomic E-state index is 13.2. The lowest BCUT2D eigenvalue weighted by Gasteiger charge is -2.21. The molecule has 106 valence electrons. The average molecular weight is 279 g/mol. The molecule has 0 aliphatic heterocycles. The first-order valence-electron chi connectivity index (χ1n) is 6.39. The number of anilines is 1. The molecule has 0 bridgehead atoms. The molecule has 0 N–H and O–H groups in total. The number of hydrogen-bond acceptors (Lipinski definition) is 2. The molecule has 0 atom stereocenters. The number of carbonyl (C=O) groups is 1. The van der Waals surface area contributed by atoms with Crippen LogP contribution in [0.4, 0.5) is 14.5 Å². The summed E-state index contributed by atoms with van der Waals surface area (Å²) in [5, 5.41) is 0. The van der Waals surface area contributed by atoms with Crippen LogP contribution in [0.3, 0.4) is 0 Å². The van der Waals surface area contributed by atoms with Crippen molar-refractivity contribution >= 4 is 11.6 Å². The van der Waals surface area contributed by atoms with Crippen molar-refractivity contribution < 1.29 is 18.0 Å². The van der Waals surface area contributed by atoms with Crippen molar-refractivity contribution in [1.29, 1.82) is 0 Å². The molecule has 20 heavy (non-hydrogen) atoms. The molecule has 0 spiro atoms. The third kappa shape index (κ3) is 3.23. The summed E-state index contributed by atoms with van der Waals surface area (Å²) in [7, 11) is 0. The molecule has 1 heterocycles. The molecular formula is C15H15F2NO2. The Morgan fingerprint density at radius 2 is 2.05 bits per heavy atom. The van der Waals surface area contributed by atoms with Crippen molar-refractivity contribution in [2.75, 3.05) is 11.4 Å². The Labute approximate surface area is 115 Å². The van der Waals surface area contributed by atoms with Gasteiger partial charge in [0.1, 0.15) is 5.76 Å². The van der Waals surface area contributed by atoms with Gasteiger partial charge < -0.3 is 9.32 Å². The van der Waals surface area contributed by atoms with Crippen LogP contribution in [0.15, 0.2) is 41.0 Å². The molecule has 5 heteroatoms. The molecule has 0 saturated carbocycles. The van der Waals surface area contributed by atoms with Crippen molar-refractivity contribution in [3.63, 3.8) is 0 Å². The van der Waals surface area contributed by atoms with Gasteiger partial charge in [0.15, 0.2) is 11.6 Å². The van der Waals surface area contributed by atoms with Gasteiger partial charge >= 0.3 is 0 Å². The minimum Gasteiger partial charge on any atom is -0.469 e. The Morgan fingerprint density at radius 3 is 2.65 bits per heavy atom. The molecule has 3 nitrogen and oxygen atoms in total. The van der Waals surface area contributed by atoms with Crippen LogP contribution in [0.25, 0.3) is 0 Å². The Bertz CT molecular complexity index is 582. The Balaban J connectivity index is 2.06. The third-order valence-electron chi connectivity index (χ3n) is 3.00. The monoisotopic (exact) mass is 279 g/mol. The highest BCUT2D eigenvalue weighted by molar-refractivity contribution is 5.93. The van der Waals surface area contributed by atoms with Crippen molar-refractivity contribution in [2.24, 2.45) is 0 Å². The van der Waals surface area contributed by atoms with E-state index < -0.39 is 11.6 Å². The molecule has 1 aromatic carbocycles. The summed E-state index contributed by atoms with van der Waals surface area (Å²) in [6.45, 7) is 2.17. The van der Waals surface area contributed by atoms with Crippen LogP contribution in [0.5, 0.6) is 0 Å². The topological polar surface area (TPSA) is 33.5 Å². The average Bonchev–Trinajstić information content (AvgIpc) is 2.94. The van der Waals surface area contributed by atoms with Crippen molar-refractivity contribution in [3.05, 3.63) is 54.0 Å². The Kier molecular flexibility index (Phi) is 4.50. The van der Waals surface area contributed by atoms with Crippen LogP contribution in [-0.2, 0) is 11.2 Å². The summed E-state index contributed by atoms with van der Waals surface area (Å²) in [6, 6.07) is 7.00. The normalized spacial score (nSPS) is 10.6. The Hall–Kier alpha value is -2.17. The first-order valence-corrected chi connectivity index (χ1v) is 6.39. The van der Waals surface area contributed by atoms with Crippen molar-refractivity contribution in [3.8, 4) is 0 Å². The lowest BCUT2D eigenvalue weighted by molar-refractivity contribution is -0.118. The zero-order valence-corrected chi connectivity index (χ0v) is 11.1. The number of furan rings is 1. The van der Waals surface area contributed by atoms with Crippen LogP contribution in [0.1, 0.15) is 19.1 Å². The maximum atomic E-state index is 13.2. The van der Waals surface area contributed by atoms with Gasteiger partial charge in [-0.25, -0.2) is 8.78 Å². The van der Waals surface area contributed by atoms with Crippen LogP contribution >= 0.6 is 0 Å². The zero-order valence-electron chi connectivity index (χ0n) is 11.1. The lowest BCUT2D eigenvalue weighted by Crippen LogP contribution is -2.30. The second-order valence-electron chi connectivity index (χ2n) is 4.32.